The molecule has 0 amide bonds. The summed E-state index contributed by atoms with van der Waals surface area (Å²) in [5, 5.41) is 0.0395. The van der Waals surface area contributed by atoms with Crippen LogP contribution >= 0.6 is 0 Å². The molecule has 2 aromatic heterocycles. The van der Waals surface area contributed by atoms with Crippen molar-refractivity contribution in [1.29, 1.82) is 0 Å². The minimum Gasteiger partial charge on any atom is -0.347 e. The summed E-state index contributed by atoms with van der Waals surface area (Å²) in [4.78, 5) is 15.0. The van der Waals surface area contributed by atoms with Crippen molar-refractivity contribution in [1.82, 2.24) is 23.8 Å². The normalized spacial score (nSPS) is 17.6. The van der Waals surface area contributed by atoms with E-state index in [1.165, 1.54) is 29.0 Å². The number of hydrogen-bond donors (Lipinski definition) is 0. The third-order valence-corrected chi connectivity index (χ3v) is 7.15. The second-order valence-corrected chi connectivity index (χ2v) is 9.84. The van der Waals surface area contributed by atoms with Crippen molar-refractivity contribution in [2.45, 2.75) is 23.8 Å². The highest BCUT2D eigenvalue weighted by atomic mass is 32.2. The molecule has 1 fully saturated rings. The summed E-state index contributed by atoms with van der Waals surface area (Å²) in [6.45, 7) is 0.710. The van der Waals surface area contributed by atoms with E-state index in [9.17, 15) is 12.8 Å². The lowest BCUT2D eigenvalue weighted by molar-refractivity contribution is 0.312. The lowest BCUT2D eigenvalue weighted by Gasteiger charge is -2.32. The van der Waals surface area contributed by atoms with Gasteiger partial charge in [-0.15, -0.1) is 0 Å². The Morgan fingerprint density at radius 3 is 2.71 bits per heavy atom. The third kappa shape index (κ3) is 4.31. The fourth-order valence-corrected chi connectivity index (χ4v) is 5.32. The highest BCUT2D eigenvalue weighted by Crippen LogP contribution is 2.35. The largest absolute Gasteiger partial charge is 0.347 e. The number of imidazole rings is 1. The lowest BCUT2D eigenvalue weighted by Crippen LogP contribution is -2.39. The van der Waals surface area contributed by atoms with E-state index in [-0.39, 0.29) is 23.3 Å². The Morgan fingerprint density at radius 2 is 2.03 bits per heavy atom. The molecule has 1 aliphatic rings. The Bertz CT molecular complexity index is 1190. The third-order valence-electron chi connectivity index (χ3n) is 5.40. The molecule has 10 heteroatoms. The van der Waals surface area contributed by atoms with E-state index in [1.54, 1.807) is 28.8 Å². The van der Waals surface area contributed by atoms with Gasteiger partial charge in [0.25, 0.3) is 10.0 Å². The number of sulfonamides is 1. The second-order valence-electron chi connectivity index (χ2n) is 7.95. The molecule has 4 rings (SSSR count). The van der Waals surface area contributed by atoms with Crippen LogP contribution in [-0.2, 0) is 17.1 Å². The summed E-state index contributed by atoms with van der Waals surface area (Å²) < 4.78 is 43.2. The second kappa shape index (κ2) is 8.35. The fraction of sp³-hybridized carbons (Fsp3) is 0.381. The van der Waals surface area contributed by atoms with E-state index in [1.807, 2.05) is 20.2 Å². The van der Waals surface area contributed by atoms with Gasteiger partial charge in [0.1, 0.15) is 5.82 Å². The van der Waals surface area contributed by atoms with E-state index in [4.69, 9.17) is 4.98 Å². The van der Waals surface area contributed by atoms with Gasteiger partial charge in [0.05, 0.1) is 12.0 Å². The van der Waals surface area contributed by atoms with Gasteiger partial charge < -0.3 is 9.47 Å². The quantitative estimate of drug-likeness (QED) is 0.602. The summed E-state index contributed by atoms with van der Waals surface area (Å²) in [5.74, 6) is 0.0372. The van der Waals surface area contributed by atoms with Gasteiger partial charge in [-0.25, -0.2) is 27.8 Å². The maximum Gasteiger partial charge on any atom is 0.262 e. The maximum atomic E-state index is 13.9. The van der Waals surface area contributed by atoms with E-state index in [2.05, 4.69) is 9.97 Å². The maximum absolute atomic E-state index is 13.9. The topological polar surface area (TPSA) is 84.2 Å². The van der Waals surface area contributed by atoms with Crippen molar-refractivity contribution < 1.29 is 12.8 Å². The van der Waals surface area contributed by atoms with E-state index < -0.39 is 10.0 Å². The molecular formula is C21H25FN6O2S. The fourth-order valence-electron chi connectivity index (χ4n) is 3.83. The number of benzene rings is 1. The van der Waals surface area contributed by atoms with Crippen LogP contribution in [0.25, 0.3) is 11.1 Å². The van der Waals surface area contributed by atoms with Crippen LogP contribution < -0.4 is 4.90 Å². The molecule has 0 spiro atoms. The predicted molar refractivity (Wildman–Crippen MR) is 116 cm³/mol. The van der Waals surface area contributed by atoms with Crippen molar-refractivity contribution in [3.05, 3.63) is 54.5 Å². The predicted octanol–water partition coefficient (Wildman–Crippen LogP) is 2.65. The highest BCUT2D eigenvalue weighted by molar-refractivity contribution is 7.89. The molecule has 3 heterocycles. The number of anilines is 1. The van der Waals surface area contributed by atoms with Crippen molar-refractivity contribution >= 4 is 16.0 Å². The molecule has 0 bridgehead atoms. The van der Waals surface area contributed by atoms with E-state index in [0.717, 1.165) is 12.1 Å². The number of rotatable bonds is 5. The Balaban J connectivity index is 1.73. The van der Waals surface area contributed by atoms with Gasteiger partial charge >= 0.3 is 0 Å². The van der Waals surface area contributed by atoms with Gasteiger partial charge in [0.15, 0.2) is 5.03 Å². The molecule has 0 saturated carbocycles. The van der Waals surface area contributed by atoms with Crippen LogP contribution in [-0.4, -0.2) is 59.4 Å². The van der Waals surface area contributed by atoms with Crippen molar-refractivity contribution in [2.24, 2.45) is 7.05 Å². The number of aromatic nitrogens is 4. The minimum absolute atomic E-state index is 0.0395. The summed E-state index contributed by atoms with van der Waals surface area (Å²) in [6, 6.07) is 6.29. The van der Waals surface area contributed by atoms with Crippen LogP contribution in [0.3, 0.4) is 0 Å². The standard InChI is InChI=1S/C21H25FN6O2S/c1-26(2)21-23-11-18(15-6-4-8-17(22)10-15)20(25-21)16-7-5-9-28(12-16)31(29,30)19-13-27(3)14-24-19/h4,6,8,10-11,13-14,16H,5,7,9,12H2,1-3H3/t16-/m1/s1. The van der Waals surface area contributed by atoms with Gasteiger partial charge in [-0.05, 0) is 30.5 Å². The van der Waals surface area contributed by atoms with Crippen LogP contribution in [0, 0.1) is 5.82 Å². The zero-order valence-electron chi connectivity index (χ0n) is 17.7. The average molecular weight is 445 g/mol. The zero-order valence-corrected chi connectivity index (χ0v) is 18.5. The van der Waals surface area contributed by atoms with Crippen LogP contribution in [0.5, 0.6) is 0 Å². The number of halogens is 1. The summed E-state index contributed by atoms with van der Waals surface area (Å²) in [7, 11) is 1.72. The Morgan fingerprint density at radius 1 is 1.23 bits per heavy atom. The van der Waals surface area contributed by atoms with Crippen LogP contribution in [0.1, 0.15) is 24.5 Å². The minimum atomic E-state index is -3.71. The van der Waals surface area contributed by atoms with Gasteiger partial charge in [-0.2, -0.15) is 4.31 Å². The monoisotopic (exact) mass is 444 g/mol. The van der Waals surface area contributed by atoms with Crippen LogP contribution in [0.4, 0.5) is 10.3 Å². The SMILES string of the molecule is CN(C)c1ncc(-c2cccc(F)c2)c([C@@H]2CCCN(S(=O)(=O)c3cn(C)cn3)C2)n1. The number of hydrogen-bond acceptors (Lipinski definition) is 6. The summed E-state index contributed by atoms with van der Waals surface area (Å²) in [5.41, 5.74) is 2.11. The first-order valence-corrected chi connectivity index (χ1v) is 11.5. The lowest BCUT2D eigenvalue weighted by atomic mass is 9.91. The molecule has 164 valence electrons. The van der Waals surface area contributed by atoms with Crippen LogP contribution in [0.15, 0.2) is 48.0 Å². The van der Waals surface area contributed by atoms with Crippen molar-refractivity contribution in [2.75, 3.05) is 32.1 Å². The molecular weight excluding hydrogens is 419 g/mol. The average Bonchev–Trinajstić information content (AvgIpc) is 3.20. The molecule has 0 aliphatic carbocycles. The zero-order chi connectivity index (χ0) is 22.2. The van der Waals surface area contributed by atoms with Gasteiger partial charge in [0, 0.05) is 58.1 Å². The number of nitrogens with zero attached hydrogens (tertiary/aromatic N) is 6. The Kier molecular flexibility index (Phi) is 5.76. The molecule has 1 aromatic carbocycles. The molecule has 1 atom stereocenters. The van der Waals surface area contributed by atoms with Crippen molar-refractivity contribution in [3.63, 3.8) is 0 Å². The summed E-state index contributed by atoms with van der Waals surface area (Å²) in [6.07, 6.45) is 6.15. The van der Waals surface area contributed by atoms with Crippen LogP contribution in [0.2, 0.25) is 0 Å². The van der Waals surface area contributed by atoms with Gasteiger partial charge in [-0.3, -0.25) is 0 Å². The van der Waals surface area contributed by atoms with Gasteiger partial charge in [-0.1, -0.05) is 12.1 Å². The first-order valence-electron chi connectivity index (χ1n) is 10.0. The Labute approximate surface area is 181 Å². The molecule has 8 nitrogen and oxygen atoms in total. The van der Waals surface area contributed by atoms with E-state index in [0.29, 0.717) is 30.0 Å². The first-order chi connectivity index (χ1) is 14.8. The van der Waals surface area contributed by atoms with Gasteiger partial charge in [0.2, 0.25) is 5.95 Å². The van der Waals surface area contributed by atoms with Crippen molar-refractivity contribution in [3.8, 4) is 11.1 Å². The smallest absolute Gasteiger partial charge is 0.262 e. The number of piperidine rings is 1. The number of aryl methyl sites for hydroxylation is 1. The molecule has 0 radical (unpaired) electrons. The Hall–Kier alpha value is -2.85. The molecule has 0 N–H and O–H groups in total. The molecule has 3 aromatic rings. The molecule has 1 saturated heterocycles. The van der Waals surface area contributed by atoms with E-state index >= 15 is 0 Å². The summed E-state index contributed by atoms with van der Waals surface area (Å²) >= 11 is 0. The molecule has 31 heavy (non-hydrogen) atoms. The first kappa shape index (κ1) is 21.4. The highest BCUT2D eigenvalue weighted by Gasteiger charge is 2.34. The molecule has 1 aliphatic heterocycles. The molecule has 0 unspecified atom stereocenters.